The van der Waals surface area contributed by atoms with Crippen LogP contribution in [0.2, 0.25) is 16.6 Å². The standard InChI is InChI=1S/C21H36O2Si/c1-17(2)21(22)23-24(20-15-9-10-16-20,18-11-5-3-6-12-18)19-13-7-4-8-14-19/h18-20H,1,3-16H2,2H3. The molecule has 0 spiro atoms. The molecule has 0 radical (unpaired) electrons. The van der Waals surface area contributed by atoms with Crippen LogP contribution in [0.1, 0.15) is 96.8 Å². The third kappa shape index (κ3) is 3.66. The molecule has 0 amide bonds. The number of carbonyl (C=O) groups is 1. The Bertz CT molecular complexity index is 423. The van der Waals surface area contributed by atoms with E-state index in [1.807, 2.05) is 6.92 Å². The number of hydrogen-bond donors (Lipinski definition) is 0. The monoisotopic (exact) mass is 348 g/mol. The van der Waals surface area contributed by atoms with Crippen LogP contribution in [-0.4, -0.2) is 14.3 Å². The van der Waals surface area contributed by atoms with Crippen LogP contribution in [0, 0.1) is 0 Å². The fraction of sp³-hybridized carbons (Fsp3) is 0.857. The predicted molar refractivity (Wildman–Crippen MR) is 103 cm³/mol. The first-order valence-corrected chi connectivity index (χ1v) is 12.7. The fourth-order valence-corrected chi connectivity index (χ4v) is 12.9. The summed E-state index contributed by atoms with van der Waals surface area (Å²) in [6.07, 6.45) is 18.8. The van der Waals surface area contributed by atoms with E-state index in [1.54, 1.807) is 0 Å². The van der Waals surface area contributed by atoms with Gasteiger partial charge in [-0.3, -0.25) is 0 Å². The van der Waals surface area contributed by atoms with Crippen LogP contribution in [0.4, 0.5) is 0 Å². The molecule has 3 fully saturated rings. The van der Waals surface area contributed by atoms with Crippen molar-refractivity contribution >= 4 is 14.3 Å². The summed E-state index contributed by atoms with van der Waals surface area (Å²) in [7, 11) is -2.10. The van der Waals surface area contributed by atoms with Crippen LogP contribution in [-0.2, 0) is 9.22 Å². The molecule has 3 aliphatic rings. The molecule has 0 aromatic heterocycles. The summed E-state index contributed by atoms with van der Waals surface area (Å²) in [5.74, 6) is -0.0651. The molecule has 0 bridgehead atoms. The van der Waals surface area contributed by atoms with Gasteiger partial charge in [-0.05, 0) is 62.1 Å². The molecule has 0 saturated heterocycles. The second kappa shape index (κ2) is 8.20. The maximum atomic E-state index is 12.7. The summed E-state index contributed by atoms with van der Waals surface area (Å²) in [5.41, 5.74) is 2.78. The first kappa shape index (κ1) is 18.2. The Morgan fingerprint density at radius 1 is 0.750 bits per heavy atom. The number of rotatable bonds is 5. The molecule has 3 aliphatic carbocycles. The minimum atomic E-state index is -2.10. The van der Waals surface area contributed by atoms with E-state index in [4.69, 9.17) is 4.43 Å². The minimum absolute atomic E-state index is 0.0651. The molecule has 3 saturated carbocycles. The predicted octanol–water partition coefficient (Wildman–Crippen LogP) is 6.66. The Labute approximate surface area is 149 Å². The van der Waals surface area contributed by atoms with E-state index >= 15 is 0 Å². The maximum absolute atomic E-state index is 12.7. The van der Waals surface area contributed by atoms with Crippen LogP contribution in [0.3, 0.4) is 0 Å². The molecular weight excluding hydrogens is 312 g/mol. The molecule has 3 heteroatoms. The van der Waals surface area contributed by atoms with Crippen LogP contribution < -0.4 is 0 Å². The molecule has 136 valence electrons. The molecule has 0 aliphatic heterocycles. The Hall–Kier alpha value is -0.573. The number of carbonyl (C=O) groups excluding carboxylic acids is 1. The SMILES string of the molecule is C=C(C)C(=O)O[Si](C1CCCCC1)(C1CCCCC1)C1CCCC1. The van der Waals surface area contributed by atoms with Crippen molar-refractivity contribution in [3.05, 3.63) is 12.2 Å². The molecular formula is C21H36O2Si. The Morgan fingerprint density at radius 2 is 1.08 bits per heavy atom. The summed E-state index contributed by atoms with van der Waals surface area (Å²) >= 11 is 0. The van der Waals surface area contributed by atoms with Gasteiger partial charge in [-0.25, -0.2) is 4.79 Å². The first-order valence-electron chi connectivity index (χ1n) is 10.5. The lowest BCUT2D eigenvalue weighted by Crippen LogP contribution is -2.54. The highest BCUT2D eigenvalue weighted by molar-refractivity contribution is 6.79. The van der Waals surface area contributed by atoms with Gasteiger partial charge in [0.2, 0.25) is 0 Å². The van der Waals surface area contributed by atoms with Gasteiger partial charge in [0, 0.05) is 5.57 Å². The van der Waals surface area contributed by atoms with E-state index < -0.39 is 8.32 Å². The normalized spacial score (nSPS) is 24.9. The lowest BCUT2D eigenvalue weighted by Gasteiger charge is -2.49. The lowest BCUT2D eigenvalue weighted by molar-refractivity contribution is -0.131. The molecule has 24 heavy (non-hydrogen) atoms. The van der Waals surface area contributed by atoms with Gasteiger partial charge in [0.1, 0.15) is 0 Å². The summed E-state index contributed by atoms with van der Waals surface area (Å²) in [6.45, 7) is 5.74. The zero-order chi connectivity index (χ0) is 17.0. The smallest absolute Gasteiger partial charge is 0.319 e. The lowest BCUT2D eigenvalue weighted by atomic mass is 9.99. The van der Waals surface area contributed by atoms with Gasteiger partial charge in [-0.2, -0.15) is 0 Å². The summed E-state index contributed by atoms with van der Waals surface area (Å²) in [5, 5.41) is 0. The molecule has 2 nitrogen and oxygen atoms in total. The van der Waals surface area contributed by atoms with E-state index in [2.05, 4.69) is 6.58 Å². The van der Waals surface area contributed by atoms with Gasteiger partial charge in [0.15, 0.2) is 0 Å². The molecule has 0 unspecified atom stereocenters. The van der Waals surface area contributed by atoms with Crippen molar-refractivity contribution in [1.29, 1.82) is 0 Å². The van der Waals surface area contributed by atoms with Crippen molar-refractivity contribution in [2.75, 3.05) is 0 Å². The van der Waals surface area contributed by atoms with E-state index in [0.717, 1.165) is 16.6 Å². The Balaban J connectivity index is 1.95. The molecule has 0 atom stereocenters. The van der Waals surface area contributed by atoms with Gasteiger partial charge >= 0.3 is 5.97 Å². The van der Waals surface area contributed by atoms with E-state index in [1.165, 1.54) is 89.9 Å². The highest BCUT2D eigenvalue weighted by Gasteiger charge is 2.57. The van der Waals surface area contributed by atoms with Crippen molar-refractivity contribution in [1.82, 2.24) is 0 Å². The Kier molecular flexibility index (Phi) is 6.23. The average Bonchev–Trinajstić information content (AvgIpc) is 3.16. The maximum Gasteiger partial charge on any atom is 0.319 e. The van der Waals surface area contributed by atoms with Crippen LogP contribution >= 0.6 is 0 Å². The minimum Gasteiger partial charge on any atom is -0.515 e. The van der Waals surface area contributed by atoms with E-state index in [0.29, 0.717) is 5.57 Å². The third-order valence-electron chi connectivity index (χ3n) is 7.10. The van der Waals surface area contributed by atoms with Crippen molar-refractivity contribution in [3.8, 4) is 0 Å². The van der Waals surface area contributed by atoms with Crippen molar-refractivity contribution < 1.29 is 9.22 Å². The van der Waals surface area contributed by atoms with Crippen LogP contribution in [0.15, 0.2) is 12.2 Å². The molecule has 0 heterocycles. The van der Waals surface area contributed by atoms with E-state index in [9.17, 15) is 4.79 Å². The van der Waals surface area contributed by atoms with Gasteiger partial charge in [0.25, 0.3) is 8.32 Å². The number of hydrogen-bond acceptors (Lipinski definition) is 2. The van der Waals surface area contributed by atoms with Crippen molar-refractivity contribution in [2.24, 2.45) is 0 Å². The molecule has 0 aromatic rings. The zero-order valence-corrected chi connectivity index (χ0v) is 16.7. The fourth-order valence-electron chi connectivity index (χ4n) is 5.98. The topological polar surface area (TPSA) is 26.3 Å². The van der Waals surface area contributed by atoms with E-state index in [-0.39, 0.29) is 5.97 Å². The summed E-state index contributed by atoms with van der Waals surface area (Å²) in [4.78, 5) is 12.7. The van der Waals surface area contributed by atoms with Gasteiger partial charge in [-0.1, -0.05) is 57.9 Å². The highest BCUT2D eigenvalue weighted by atomic mass is 28.4. The van der Waals surface area contributed by atoms with Gasteiger partial charge in [0.05, 0.1) is 0 Å². The average molecular weight is 349 g/mol. The highest BCUT2D eigenvalue weighted by Crippen LogP contribution is 2.58. The summed E-state index contributed by atoms with van der Waals surface area (Å²) in [6, 6.07) is 0. The van der Waals surface area contributed by atoms with Crippen LogP contribution in [0.25, 0.3) is 0 Å². The molecule has 0 aromatic carbocycles. The second-order valence-corrected chi connectivity index (χ2v) is 13.0. The molecule has 0 N–H and O–H groups in total. The van der Waals surface area contributed by atoms with Gasteiger partial charge in [-0.15, -0.1) is 0 Å². The quantitative estimate of drug-likeness (QED) is 0.410. The summed E-state index contributed by atoms with van der Waals surface area (Å²) < 4.78 is 6.66. The first-order chi connectivity index (χ1) is 11.6. The largest absolute Gasteiger partial charge is 0.515 e. The Morgan fingerprint density at radius 3 is 1.42 bits per heavy atom. The second-order valence-electron chi connectivity index (χ2n) is 8.67. The van der Waals surface area contributed by atoms with Gasteiger partial charge < -0.3 is 4.43 Å². The molecule has 3 rings (SSSR count). The third-order valence-corrected chi connectivity index (χ3v) is 13.2. The zero-order valence-electron chi connectivity index (χ0n) is 15.7. The van der Waals surface area contributed by atoms with Crippen molar-refractivity contribution in [2.45, 2.75) is 113 Å². The van der Waals surface area contributed by atoms with Crippen molar-refractivity contribution in [3.63, 3.8) is 0 Å². The van der Waals surface area contributed by atoms with Crippen LogP contribution in [0.5, 0.6) is 0 Å².